The number of nitrogens with one attached hydrogen (secondary N) is 1. The number of hydrogen-bond acceptors (Lipinski definition) is 6. The molecule has 144 valence electrons. The first-order chi connectivity index (χ1) is 14.1. The molecular weight excluding hydrogens is 370 g/mol. The summed E-state index contributed by atoms with van der Waals surface area (Å²) in [5.74, 6) is -0.0864. The molecule has 0 aliphatic carbocycles. The molecule has 29 heavy (non-hydrogen) atoms. The Bertz CT molecular complexity index is 1160. The maximum absolute atomic E-state index is 12.6. The van der Waals surface area contributed by atoms with E-state index in [0.29, 0.717) is 29.4 Å². The average molecular weight is 387 g/mol. The van der Waals surface area contributed by atoms with Crippen LogP contribution in [0.25, 0.3) is 11.3 Å². The number of carbonyl (C=O) groups is 2. The van der Waals surface area contributed by atoms with Gasteiger partial charge in [0, 0.05) is 18.7 Å². The third-order valence-electron chi connectivity index (χ3n) is 4.20. The van der Waals surface area contributed by atoms with E-state index >= 15 is 0 Å². The van der Waals surface area contributed by atoms with Crippen molar-refractivity contribution < 1.29 is 14.0 Å². The molecule has 3 heterocycles. The molecule has 1 N–H and O–H groups in total. The largest absolute Gasteiger partial charge is 0.443 e. The molecule has 1 amide bonds. The number of Topliss-reactive ketones (excluding diaryl/α,β-unsaturated/α-hetero) is 1. The molecule has 0 radical (unpaired) electrons. The summed E-state index contributed by atoms with van der Waals surface area (Å²) in [6.07, 6.45) is 4.46. The fourth-order valence-electron chi connectivity index (χ4n) is 2.84. The standard InChI is InChI=1S/C21H17N5O3/c1-14(27)18-9-5-8-16(24-18)11-26-12-17(10-23-26)25-21(28)19-20(29-13-22-19)15-6-3-2-4-7-15/h2-10,12-13H,11H2,1H3,(H,25,28). The Morgan fingerprint density at radius 2 is 1.93 bits per heavy atom. The third kappa shape index (κ3) is 4.11. The molecule has 0 saturated heterocycles. The van der Waals surface area contributed by atoms with Crippen molar-refractivity contribution in [1.29, 1.82) is 0 Å². The van der Waals surface area contributed by atoms with Crippen molar-refractivity contribution in [2.75, 3.05) is 5.32 Å². The smallest absolute Gasteiger partial charge is 0.278 e. The summed E-state index contributed by atoms with van der Waals surface area (Å²) < 4.78 is 7.02. The molecule has 4 aromatic rings. The van der Waals surface area contributed by atoms with Gasteiger partial charge in [-0.1, -0.05) is 36.4 Å². The van der Waals surface area contributed by atoms with Crippen LogP contribution < -0.4 is 5.32 Å². The number of carbonyl (C=O) groups excluding carboxylic acids is 2. The summed E-state index contributed by atoms with van der Waals surface area (Å²) in [4.78, 5) is 32.5. The van der Waals surface area contributed by atoms with Gasteiger partial charge in [0.25, 0.3) is 5.91 Å². The molecular formula is C21H17N5O3. The summed E-state index contributed by atoms with van der Waals surface area (Å²) in [5, 5.41) is 7.01. The number of pyridine rings is 1. The number of oxazole rings is 1. The maximum atomic E-state index is 12.6. The molecule has 0 fully saturated rings. The zero-order valence-electron chi connectivity index (χ0n) is 15.6. The normalized spacial score (nSPS) is 10.7. The topological polar surface area (TPSA) is 103 Å². The average Bonchev–Trinajstić information content (AvgIpc) is 3.38. The van der Waals surface area contributed by atoms with E-state index in [1.54, 1.807) is 23.0 Å². The molecule has 0 bridgehead atoms. The minimum absolute atomic E-state index is 0.0953. The molecule has 4 rings (SSSR count). The molecule has 3 aromatic heterocycles. The molecule has 1 aromatic carbocycles. The highest BCUT2D eigenvalue weighted by Gasteiger charge is 2.18. The van der Waals surface area contributed by atoms with Gasteiger partial charge in [-0.15, -0.1) is 0 Å². The first-order valence-electron chi connectivity index (χ1n) is 8.90. The van der Waals surface area contributed by atoms with Crippen molar-refractivity contribution in [1.82, 2.24) is 19.7 Å². The Hall–Kier alpha value is -4.07. The van der Waals surface area contributed by atoms with E-state index in [0.717, 1.165) is 5.56 Å². The number of nitrogens with zero attached hydrogens (tertiary/aromatic N) is 4. The second-order valence-corrected chi connectivity index (χ2v) is 6.35. The van der Waals surface area contributed by atoms with Gasteiger partial charge in [-0.05, 0) is 12.1 Å². The van der Waals surface area contributed by atoms with E-state index in [9.17, 15) is 9.59 Å². The van der Waals surface area contributed by atoms with Crippen molar-refractivity contribution in [3.05, 3.63) is 84.4 Å². The zero-order chi connectivity index (χ0) is 20.2. The number of aromatic nitrogens is 4. The van der Waals surface area contributed by atoms with E-state index in [2.05, 4.69) is 20.4 Å². The van der Waals surface area contributed by atoms with Crippen molar-refractivity contribution in [2.24, 2.45) is 0 Å². The Morgan fingerprint density at radius 3 is 2.72 bits per heavy atom. The van der Waals surface area contributed by atoms with Gasteiger partial charge in [-0.3, -0.25) is 14.3 Å². The van der Waals surface area contributed by atoms with Crippen LogP contribution in [0.4, 0.5) is 5.69 Å². The van der Waals surface area contributed by atoms with Gasteiger partial charge in [0.15, 0.2) is 23.6 Å². The number of ketones is 1. The van der Waals surface area contributed by atoms with Crippen LogP contribution in [0.15, 0.2) is 71.7 Å². The van der Waals surface area contributed by atoms with Crippen LogP contribution in [-0.2, 0) is 6.54 Å². The van der Waals surface area contributed by atoms with Gasteiger partial charge in [0.1, 0.15) is 5.69 Å². The van der Waals surface area contributed by atoms with Gasteiger partial charge >= 0.3 is 0 Å². The van der Waals surface area contributed by atoms with Gasteiger partial charge in [-0.2, -0.15) is 5.10 Å². The van der Waals surface area contributed by atoms with Crippen LogP contribution >= 0.6 is 0 Å². The number of hydrogen-bond donors (Lipinski definition) is 1. The predicted molar refractivity (Wildman–Crippen MR) is 105 cm³/mol. The monoisotopic (exact) mass is 387 g/mol. The minimum atomic E-state index is -0.395. The summed E-state index contributed by atoms with van der Waals surface area (Å²) >= 11 is 0. The van der Waals surface area contributed by atoms with E-state index < -0.39 is 5.91 Å². The number of rotatable bonds is 6. The zero-order valence-corrected chi connectivity index (χ0v) is 15.6. The van der Waals surface area contributed by atoms with E-state index in [-0.39, 0.29) is 11.5 Å². The molecule has 0 atom stereocenters. The van der Waals surface area contributed by atoms with Crippen LogP contribution in [0.3, 0.4) is 0 Å². The Balaban J connectivity index is 1.48. The molecule has 0 aliphatic rings. The lowest BCUT2D eigenvalue weighted by molar-refractivity contribution is 0.100. The summed E-state index contributed by atoms with van der Waals surface area (Å²) in [7, 11) is 0. The van der Waals surface area contributed by atoms with Crippen LogP contribution in [0.1, 0.15) is 33.6 Å². The Morgan fingerprint density at radius 1 is 1.10 bits per heavy atom. The predicted octanol–water partition coefficient (Wildman–Crippen LogP) is 3.44. The molecule has 0 saturated carbocycles. The lowest BCUT2D eigenvalue weighted by atomic mass is 10.1. The van der Waals surface area contributed by atoms with Gasteiger partial charge in [0.05, 0.1) is 24.1 Å². The van der Waals surface area contributed by atoms with Crippen LogP contribution in [0.5, 0.6) is 0 Å². The highest BCUT2D eigenvalue weighted by atomic mass is 16.3. The first-order valence-corrected chi connectivity index (χ1v) is 8.90. The molecule has 0 aliphatic heterocycles. The lowest BCUT2D eigenvalue weighted by Gasteiger charge is -2.03. The van der Waals surface area contributed by atoms with Crippen molar-refractivity contribution in [2.45, 2.75) is 13.5 Å². The van der Waals surface area contributed by atoms with E-state index in [1.165, 1.54) is 19.5 Å². The highest BCUT2D eigenvalue weighted by molar-refractivity contribution is 6.06. The van der Waals surface area contributed by atoms with Crippen molar-refractivity contribution in [3.8, 4) is 11.3 Å². The second-order valence-electron chi connectivity index (χ2n) is 6.35. The fraction of sp³-hybridized carbons (Fsp3) is 0.0952. The van der Waals surface area contributed by atoms with E-state index in [1.807, 2.05) is 36.4 Å². The first kappa shape index (κ1) is 18.3. The minimum Gasteiger partial charge on any atom is -0.443 e. The van der Waals surface area contributed by atoms with Crippen LogP contribution in [-0.4, -0.2) is 31.4 Å². The number of benzene rings is 1. The molecule has 8 heteroatoms. The van der Waals surface area contributed by atoms with Gasteiger partial charge < -0.3 is 9.73 Å². The van der Waals surface area contributed by atoms with Crippen LogP contribution in [0.2, 0.25) is 0 Å². The fourth-order valence-corrected chi connectivity index (χ4v) is 2.84. The van der Waals surface area contributed by atoms with Crippen molar-refractivity contribution >= 4 is 17.4 Å². The summed E-state index contributed by atoms with van der Waals surface area (Å²) in [5.41, 5.74) is 2.57. The molecule has 8 nitrogen and oxygen atoms in total. The second kappa shape index (κ2) is 7.89. The Labute approximate surface area is 166 Å². The van der Waals surface area contributed by atoms with Crippen molar-refractivity contribution in [3.63, 3.8) is 0 Å². The quantitative estimate of drug-likeness (QED) is 0.509. The molecule has 0 spiro atoms. The molecule has 0 unspecified atom stereocenters. The lowest BCUT2D eigenvalue weighted by Crippen LogP contribution is -2.13. The van der Waals surface area contributed by atoms with Gasteiger partial charge in [-0.25, -0.2) is 9.97 Å². The van der Waals surface area contributed by atoms with E-state index in [4.69, 9.17) is 4.42 Å². The third-order valence-corrected chi connectivity index (χ3v) is 4.20. The SMILES string of the molecule is CC(=O)c1cccc(Cn2cc(NC(=O)c3ncoc3-c3ccccc3)cn2)n1. The summed E-state index contributed by atoms with van der Waals surface area (Å²) in [6, 6.07) is 14.6. The summed E-state index contributed by atoms with van der Waals surface area (Å²) in [6.45, 7) is 1.84. The maximum Gasteiger partial charge on any atom is 0.278 e. The van der Waals surface area contributed by atoms with Crippen LogP contribution in [0, 0.1) is 0 Å². The number of amides is 1. The highest BCUT2D eigenvalue weighted by Crippen LogP contribution is 2.23. The van der Waals surface area contributed by atoms with Gasteiger partial charge in [0.2, 0.25) is 0 Å². The number of anilines is 1. The Kier molecular flexibility index (Phi) is 4.98.